The zero-order chi connectivity index (χ0) is 20.4. The van der Waals surface area contributed by atoms with Crippen LogP contribution < -0.4 is 4.74 Å². The molecule has 0 aromatic heterocycles. The number of likely N-dealkylation sites (N-methyl/N-ethyl adjacent to an activating group) is 1. The SMILES string of the molecule is Cc1cc(C)c(OCC(=O)O[C@H](C)C(=O)N(C)[C@@H]2CCS(=O)(=O)C2)c(C)c1. The highest BCUT2D eigenvalue weighted by Crippen LogP contribution is 2.24. The number of ether oxygens (including phenoxy) is 2. The minimum absolute atomic E-state index is 0.0506. The van der Waals surface area contributed by atoms with E-state index < -0.39 is 27.8 Å². The van der Waals surface area contributed by atoms with E-state index in [-0.39, 0.29) is 24.2 Å². The molecular formula is C19H27NO6S. The quantitative estimate of drug-likeness (QED) is 0.677. The van der Waals surface area contributed by atoms with Crippen LogP contribution in [0.3, 0.4) is 0 Å². The first-order chi connectivity index (χ1) is 12.5. The lowest BCUT2D eigenvalue weighted by molar-refractivity contribution is -0.160. The van der Waals surface area contributed by atoms with E-state index in [0.717, 1.165) is 16.7 Å². The molecule has 0 unspecified atom stereocenters. The number of esters is 1. The third-order valence-corrected chi connectivity index (χ3v) is 6.45. The molecule has 1 aliphatic heterocycles. The number of rotatable bonds is 6. The Kier molecular flexibility index (Phi) is 6.51. The number of hydrogen-bond acceptors (Lipinski definition) is 6. The summed E-state index contributed by atoms with van der Waals surface area (Å²) in [5.41, 5.74) is 2.95. The number of sulfone groups is 1. The highest BCUT2D eigenvalue weighted by atomic mass is 32.2. The number of aryl methyl sites for hydroxylation is 3. The van der Waals surface area contributed by atoms with Gasteiger partial charge in [-0.1, -0.05) is 17.7 Å². The Morgan fingerprint density at radius 3 is 2.33 bits per heavy atom. The van der Waals surface area contributed by atoms with Gasteiger partial charge in [-0.25, -0.2) is 13.2 Å². The third-order valence-electron chi connectivity index (χ3n) is 4.70. The van der Waals surface area contributed by atoms with E-state index in [1.165, 1.54) is 18.9 Å². The summed E-state index contributed by atoms with van der Waals surface area (Å²) in [6.07, 6.45) is -0.602. The summed E-state index contributed by atoms with van der Waals surface area (Å²) >= 11 is 0. The van der Waals surface area contributed by atoms with E-state index in [9.17, 15) is 18.0 Å². The number of benzene rings is 1. The Morgan fingerprint density at radius 1 is 1.22 bits per heavy atom. The monoisotopic (exact) mass is 397 g/mol. The fourth-order valence-corrected chi connectivity index (χ4v) is 5.13. The van der Waals surface area contributed by atoms with Crippen LogP contribution in [-0.4, -0.2) is 62.5 Å². The van der Waals surface area contributed by atoms with E-state index in [1.807, 2.05) is 32.9 Å². The van der Waals surface area contributed by atoms with E-state index >= 15 is 0 Å². The van der Waals surface area contributed by atoms with Gasteiger partial charge in [0.25, 0.3) is 5.91 Å². The van der Waals surface area contributed by atoms with Gasteiger partial charge >= 0.3 is 5.97 Å². The summed E-state index contributed by atoms with van der Waals surface area (Å²) in [4.78, 5) is 25.8. The van der Waals surface area contributed by atoms with Crippen LogP contribution in [0, 0.1) is 20.8 Å². The van der Waals surface area contributed by atoms with Crippen molar-refractivity contribution < 1.29 is 27.5 Å². The maximum Gasteiger partial charge on any atom is 0.344 e. The summed E-state index contributed by atoms with van der Waals surface area (Å²) in [5, 5.41) is 0. The average molecular weight is 397 g/mol. The average Bonchev–Trinajstić information content (AvgIpc) is 2.92. The molecule has 7 nitrogen and oxygen atoms in total. The topological polar surface area (TPSA) is 90.0 Å². The number of amides is 1. The summed E-state index contributed by atoms with van der Waals surface area (Å²) in [5.74, 6) is -0.419. The van der Waals surface area contributed by atoms with Gasteiger partial charge in [-0.3, -0.25) is 4.79 Å². The first-order valence-corrected chi connectivity index (χ1v) is 10.7. The summed E-state index contributed by atoms with van der Waals surface area (Å²) < 4.78 is 33.9. The van der Waals surface area contributed by atoms with Gasteiger partial charge in [-0.05, 0) is 45.2 Å². The van der Waals surface area contributed by atoms with Crippen molar-refractivity contribution in [1.82, 2.24) is 4.90 Å². The van der Waals surface area contributed by atoms with Crippen LogP contribution in [0.2, 0.25) is 0 Å². The molecule has 0 saturated carbocycles. The molecule has 2 rings (SSSR count). The van der Waals surface area contributed by atoms with Crippen LogP contribution in [-0.2, 0) is 24.2 Å². The maximum absolute atomic E-state index is 12.4. The van der Waals surface area contributed by atoms with Crippen LogP contribution >= 0.6 is 0 Å². The Balaban J connectivity index is 1.89. The molecule has 1 aliphatic rings. The minimum Gasteiger partial charge on any atom is -0.481 e. The fraction of sp³-hybridized carbons (Fsp3) is 0.579. The van der Waals surface area contributed by atoms with Crippen molar-refractivity contribution in [1.29, 1.82) is 0 Å². The summed E-state index contributed by atoms with van der Waals surface area (Å²) in [6, 6.07) is 3.55. The lowest BCUT2D eigenvalue weighted by atomic mass is 10.1. The maximum atomic E-state index is 12.4. The third kappa shape index (κ3) is 5.45. The Labute approximate surface area is 160 Å². The molecule has 0 spiro atoms. The molecule has 1 aromatic rings. The Hall–Kier alpha value is -2.09. The molecule has 2 atom stereocenters. The van der Waals surface area contributed by atoms with Crippen molar-refractivity contribution >= 4 is 21.7 Å². The fourth-order valence-electron chi connectivity index (χ4n) is 3.35. The van der Waals surface area contributed by atoms with Gasteiger partial charge < -0.3 is 14.4 Å². The first-order valence-electron chi connectivity index (χ1n) is 8.87. The molecule has 27 heavy (non-hydrogen) atoms. The van der Waals surface area contributed by atoms with Gasteiger partial charge in [0.05, 0.1) is 11.5 Å². The number of carbonyl (C=O) groups is 2. The van der Waals surface area contributed by atoms with Gasteiger partial charge in [-0.15, -0.1) is 0 Å². The molecule has 0 bridgehead atoms. The van der Waals surface area contributed by atoms with Crippen LogP contribution in [0.25, 0.3) is 0 Å². The normalized spacial score (nSPS) is 19.4. The standard InChI is InChI=1S/C19H27NO6S/c1-12-8-13(2)18(14(3)9-12)25-10-17(21)26-15(4)19(22)20(5)16-6-7-27(23,24)11-16/h8-9,15-16H,6-7,10-11H2,1-5H3/t15-,16-/m1/s1. The largest absolute Gasteiger partial charge is 0.481 e. The molecule has 1 heterocycles. The molecular weight excluding hydrogens is 370 g/mol. The smallest absolute Gasteiger partial charge is 0.344 e. The van der Waals surface area contributed by atoms with Crippen LogP contribution in [0.4, 0.5) is 0 Å². The van der Waals surface area contributed by atoms with Crippen LogP contribution in [0.5, 0.6) is 5.75 Å². The lowest BCUT2D eigenvalue weighted by Gasteiger charge is -2.26. The number of carbonyl (C=O) groups excluding carboxylic acids is 2. The second kappa shape index (κ2) is 8.29. The molecule has 1 aromatic carbocycles. The minimum atomic E-state index is -3.09. The highest BCUT2D eigenvalue weighted by molar-refractivity contribution is 7.91. The lowest BCUT2D eigenvalue weighted by Crippen LogP contribution is -2.44. The molecule has 0 N–H and O–H groups in total. The molecule has 0 aliphatic carbocycles. The number of hydrogen-bond donors (Lipinski definition) is 0. The zero-order valence-corrected chi connectivity index (χ0v) is 17.3. The van der Waals surface area contributed by atoms with Crippen molar-refractivity contribution in [2.45, 2.75) is 46.3 Å². The second-order valence-corrected chi connectivity index (χ2v) is 9.38. The molecule has 1 saturated heterocycles. The molecule has 150 valence electrons. The molecule has 1 amide bonds. The van der Waals surface area contributed by atoms with Crippen molar-refractivity contribution in [2.24, 2.45) is 0 Å². The van der Waals surface area contributed by atoms with Crippen molar-refractivity contribution in [3.63, 3.8) is 0 Å². The molecule has 8 heteroatoms. The first kappa shape index (κ1) is 21.2. The van der Waals surface area contributed by atoms with Crippen molar-refractivity contribution in [3.8, 4) is 5.75 Å². The summed E-state index contributed by atoms with van der Waals surface area (Å²) in [7, 11) is -1.56. The van der Waals surface area contributed by atoms with E-state index in [2.05, 4.69) is 0 Å². The van der Waals surface area contributed by atoms with Gasteiger partial charge in [0.2, 0.25) is 0 Å². The Morgan fingerprint density at radius 2 is 1.81 bits per heavy atom. The Bertz CT molecular complexity index is 810. The highest BCUT2D eigenvalue weighted by Gasteiger charge is 2.34. The van der Waals surface area contributed by atoms with Gasteiger partial charge in [0, 0.05) is 13.1 Å². The predicted molar refractivity (Wildman–Crippen MR) is 102 cm³/mol. The van der Waals surface area contributed by atoms with Gasteiger partial charge in [0.15, 0.2) is 22.5 Å². The van der Waals surface area contributed by atoms with E-state index in [4.69, 9.17) is 9.47 Å². The summed E-state index contributed by atoms with van der Waals surface area (Å²) in [6.45, 7) is 6.96. The van der Waals surface area contributed by atoms with Gasteiger partial charge in [0.1, 0.15) is 5.75 Å². The molecule has 1 fully saturated rings. The van der Waals surface area contributed by atoms with E-state index in [1.54, 1.807) is 0 Å². The van der Waals surface area contributed by atoms with Crippen LogP contribution in [0.15, 0.2) is 12.1 Å². The van der Waals surface area contributed by atoms with E-state index in [0.29, 0.717) is 12.2 Å². The van der Waals surface area contributed by atoms with Crippen molar-refractivity contribution in [3.05, 3.63) is 28.8 Å². The number of nitrogens with zero attached hydrogens (tertiary/aromatic N) is 1. The second-order valence-electron chi connectivity index (χ2n) is 7.15. The van der Waals surface area contributed by atoms with Gasteiger partial charge in [-0.2, -0.15) is 0 Å². The van der Waals surface area contributed by atoms with Crippen molar-refractivity contribution in [2.75, 3.05) is 25.2 Å². The zero-order valence-electron chi connectivity index (χ0n) is 16.4. The predicted octanol–water partition coefficient (Wildman–Crippen LogP) is 1.57. The van der Waals surface area contributed by atoms with Crippen LogP contribution in [0.1, 0.15) is 30.0 Å². The molecule has 0 radical (unpaired) electrons.